The van der Waals surface area contributed by atoms with Crippen LogP contribution in [-0.2, 0) is 0 Å². The van der Waals surface area contributed by atoms with Gasteiger partial charge in [0.2, 0.25) is 0 Å². The molecule has 3 aromatic rings. The molecular weight excluding hydrogens is 404 g/mol. The smallest absolute Gasteiger partial charge is 0.156 e. The molecule has 0 aliphatic rings. The topological polar surface area (TPSA) is 31.2 Å². The van der Waals surface area contributed by atoms with Crippen molar-refractivity contribution < 1.29 is 0 Å². The molecule has 0 saturated carbocycles. The molecule has 168 valence electrons. The lowest BCUT2D eigenvalue weighted by atomic mass is 10.2. The van der Waals surface area contributed by atoms with Crippen molar-refractivity contribution >= 4 is 28.7 Å². The molecule has 0 aliphatic heterocycles. The predicted molar refractivity (Wildman–Crippen MR) is 144 cm³/mol. The van der Waals surface area contributed by atoms with Crippen molar-refractivity contribution in [3.8, 4) is 0 Å². The van der Waals surface area contributed by atoms with Crippen molar-refractivity contribution in [3.05, 3.63) is 115 Å². The maximum atomic E-state index is 4.86. The number of para-hydroxylation sites is 1. The summed E-state index contributed by atoms with van der Waals surface area (Å²) < 4.78 is 0. The SMILES string of the molecule is C=CC=C(C)N(c1ccccc1)c1cccc(N(C)C(C)=NC(=NCC)c2ccccc2)c1. The van der Waals surface area contributed by atoms with Crippen LogP contribution >= 0.6 is 0 Å². The minimum atomic E-state index is 0.682. The summed E-state index contributed by atoms with van der Waals surface area (Å²) in [5.41, 5.74) is 5.31. The molecule has 4 nitrogen and oxygen atoms in total. The van der Waals surface area contributed by atoms with Crippen molar-refractivity contribution in [1.82, 2.24) is 0 Å². The highest BCUT2D eigenvalue weighted by Crippen LogP contribution is 2.32. The third kappa shape index (κ3) is 6.07. The van der Waals surface area contributed by atoms with Crippen LogP contribution < -0.4 is 9.80 Å². The zero-order chi connectivity index (χ0) is 23.6. The molecule has 0 aromatic heterocycles. The minimum Gasteiger partial charge on any atom is -0.333 e. The number of hydrogen-bond acceptors (Lipinski definition) is 2. The molecule has 0 aliphatic carbocycles. The van der Waals surface area contributed by atoms with Crippen LogP contribution in [0.2, 0.25) is 0 Å². The lowest BCUT2D eigenvalue weighted by molar-refractivity contribution is 1.12. The molecule has 0 heterocycles. The van der Waals surface area contributed by atoms with Crippen LogP contribution in [0.5, 0.6) is 0 Å². The first-order chi connectivity index (χ1) is 16.0. The average molecular weight is 437 g/mol. The first kappa shape index (κ1) is 23.7. The molecule has 33 heavy (non-hydrogen) atoms. The quantitative estimate of drug-likeness (QED) is 0.222. The van der Waals surface area contributed by atoms with E-state index in [1.54, 1.807) is 0 Å². The Morgan fingerprint density at radius 1 is 0.848 bits per heavy atom. The number of anilines is 3. The second-order valence-electron chi connectivity index (χ2n) is 7.62. The van der Waals surface area contributed by atoms with Crippen molar-refractivity contribution in [1.29, 1.82) is 0 Å². The maximum absolute atomic E-state index is 4.86. The number of benzene rings is 3. The Kier molecular flexibility index (Phi) is 8.36. The Hall–Kier alpha value is -3.92. The van der Waals surface area contributed by atoms with Gasteiger partial charge >= 0.3 is 0 Å². The summed E-state index contributed by atoms with van der Waals surface area (Å²) in [6, 6.07) is 28.9. The second-order valence-corrected chi connectivity index (χ2v) is 7.62. The molecule has 4 heteroatoms. The lowest BCUT2D eigenvalue weighted by Gasteiger charge is -2.27. The molecule has 0 saturated heterocycles. The lowest BCUT2D eigenvalue weighted by Crippen LogP contribution is -2.25. The largest absolute Gasteiger partial charge is 0.333 e. The van der Waals surface area contributed by atoms with Gasteiger partial charge in [0.15, 0.2) is 5.84 Å². The summed E-state index contributed by atoms with van der Waals surface area (Å²) in [5, 5.41) is 0. The van der Waals surface area contributed by atoms with Gasteiger partial charge in [0.05, 0.1) is 0 Å². The highest BCUT2D eigenvalue weighted by molar-refractivity contribution is 6.09. The van der Waals surface area contributed by atoms with E-state index in [1.807, 2.05) is 69.4 Å². The number of rotatable bonds is 7. The van der Waals surface area contributed by atoms with Crippen LogP contribution in [0.4, 0.5) is 17.1 Å². The van der Waals surface area contributed by atoms with E-state index >= 15 is 0 Å². The Bertz CT molecular complexity index is 1140. The van der Waals surface area contributed by atoms with E-state index in [2.05, 4.69) is 76.8 Å². The summed E-state index contributed by atoms with van der Waals surface area (Å²) in [7, 11) is 2.03. The van der Waals surface area contributed by atoms with E-state index < -0.39 is 0 Å². The minimum absolute atomic E-state index is 0.682. The van der Waals surface area contributed by atoms with E-state index in [4.69, 9.17) is 4.99 Å². The number of hydrogen-bond donors (Lipinski definition) is 0. The van der Waals surface area contributed by atoms with Crippen LogP contribution in [0.1, 0.15) is 26.3 Å². The number of allylic oxidation sites excluding steroid dienone is 3. The van der Waals surface area contributed by atoms with E-state index in [9.17, 15) is 0 Å². The molecule has 0 amide bonds. The zero-order valence-corrected chi connectivity index (χ0v) is 19.9. The van der Waals surface area contributed by atoms with Crippen molar-refractivity contribution in [3.63, 3.8) is 0 Å². The molecule has 0 bridgehead atoms. The Morgan fingerprint density at radius 2 is 1.45 bits per heavy atom. The van der Waals surface area contributed by atoms with Gasteiger partial charge in [-0.15, -0.1) is 0 Å². The summed E-state index contributed by atoms with van der Waals surface area (Å²) in [6.45, 7) is 10.7. The van der Waals surface area contributed by atoms with Gasteiger partial charge in [-0.1, -0.05) is 67.3 Å². The molecule has 0 atom stereocenters. The van der Waals surface area contributed by atoms with Gasteiger partial charge in [-0.3, -0.25) is 4.99 Å². The van der Waals surface area contributed by atoms with Crippen LogP contribution in [0.15, 0.2) is 119 Å². The standard InChI is InChI=1S/C29H32N4/c1-6-15-23(3)33(26-18-12-9-13-19-26)28-21-14-20-27(22-28)32(5)24(4)31-29(30-7-2)25-16-10-8-11-17-25/h6,8-22H,1,7H2,2-5H3. The number of aliphatic imine (C=N–C) groups is 2. The molecule has 0 N–H and O–H groups in total. The third-order valence-electron chi connectivity index (χ3n) is 5.29. The zero-order valence-electron chi connectivity index (χ0n) is 19.9. The third-order valence-corrected chi connectivity index (χ3v) is 5.29. The van der Waals surface area contributed by atoms with Gasteiger partial charge in [-0.2, -0.15) is 0 Å². The summed E-state index contributed by atoms with van der Waals surface area (Å²) >= 11 is 0. The van der Waals surface area contributed by atoms with Gasteiger partial charge in [-0.05, 0) is 57.2 Å². The fraction of sp³-hybridized carbons (Fsp3) is 0.172. The molecule has 3 aromatic carbocycles. The summed E-state index contributed by atoms with van der Waals surface area (Å²) in [4.78, 5) is 13.8. The van der Waals surface area contributed by atoms with Gasteiger partial charge < -0.3 is 9.80 Å². The normalized spacial score (nSPS) is 12.4. The fourth-order valence-electron chi connectivity index (χ4n) is 3.56. The maximum Gasteiger partial charge on any atom is 0.156 e. The van der Waals surface area contributed by atoms with E-state index in [-0.39, 0.29) is 0 Å². The highest BCUT2D eigenvalue weighted by Gasteiger charge is 2.14. The van der Waals surface area contributed by atoms with Crippen LogP contribution in [0.3, 0.4) is 0 Å². The van der Waals surface area contributed by atoms with Gasteiger partial charge in [0.25, 0.3) is 0 Å². The van der Waals surface area contributed by atoms with E-state index in [0.717, 1.165) is 40.0 Å². The molecule has 0 radical (unpaired) electrons. The Morgan fingerprint density at radius 3 is 2.09 bits per heavy atom. The monoisotopic (exact) mass is 436 g/mol. The first-order valence-electron chi connectivity index (χ1n) is 11.2. The van der Waals surface area contributed by atoms with E-state index in [0.29, 0.717) is 6.54 Å². The Labute approximate surface area is 197 Å². The second kappa shape index (κ2) is 11.6. The molecule has 0 fully saturated rings. The first-order valence-corrected chi connectivity index (χ1v) is 11.2. The van der Waals surface area contributed by atoms with Crippen molar-refractivity contribution in [2.24, 2.45) is 9.98 Å². The van der Waals surface area contributed by atoms with Crippen LogP contribution in [0, 0.1) is 0 Å². The molecule has 0 spiro atoms. The Balaban J connectivity index is 1.97. The van der Waals surface area contributed by atoms with Crippen LogP contribution in [-0.4, -0.2) is 25.3 Å². The highest BCUT2D eigenvalue weighted by atomic mass is 15.2. The fourth-order valence-corrected chi connectivity index (χ4v) is 3.56. The average Bonchev–Trinajstić information content (AvgIpc) is 2.85. The molecule has 3 rings (SSSR count). The van der Waals surface area contributed by atoms with E-state index in [1.165, 1.54) is 0 Å². The molecular formula is C29H32N4. The van der Waals surface area contributed by atoms with Crippen molar-refractivity contribution in [2.45, 2.75) is 20.8 Å². The van der Waals surface area contributed by atoms with Gasteiger partial charge in [0.1, 0.15) is 5.84 Å². The van der Waals surface area contributed by atoms with Gasteiger partial charge in [-0.25, -0.2) is 4.99 Å². The summed E-state index contributed by atoms with van der Waals surface area (Å²) in [5.74, 6) is 1.61. The number of amidine groups is 2. The van der Waals surface area contributed by atoms with Crippen LogP contribution in [0.25, 0.3) is 0 Å². The van der Waals surface area contributed by atoms with Crippen molar-refractivity contribution in [2.75, 3.05) is 23.4 Å². The summed E-state index contributed by atoms with van der Waals surface area (Å²) in [6.07, 6.45) is 3.83. The number of nitrogens with zero attached hydrogens (tertiary/aromatic N) is 4. The molecule has 0 unspecified atom stereocenters. The predicted octanol–water partition coefficient (Wildman–Crippen LogP) is 7.24. The van der Waals surface area contributed by atoms with Gasteiger partial charge in [0, 0.05) is 41.9 Å².